The lowest BCUT2D eigenvalue weighted by atomic mass is 9.83. The van der Waals surface area contributed by atoms with Crippen LogP contribution in [0, 0.1) is 11.7 Å². The Labute approximate surface area is 266 Å². The van der Waals surface area contributed by atoms with Crippen LogP contribution in [0.5, 0.6) is 11.5 Å². The molecule has 0 aliphatic carbocycles. The minimum absolute atomic E-state index is 0.231. The molecule has 0 bridgehead atoms. The van der Waals surface area contributed by atoms with E-state index in [0.29, 0.717) is 27.6 Å². The Morgan fingerprint density at radius 1 is 0.935 bits per heavy atom. The number of fused-ring (bicyclic) bond motifs is 2. The van der Waals surface area contributed by atoms with Crippen molar-refractivity contribution >= 4 is 52.2 Å². The molecule has 9 nitrogen and oxygen atoms in total. The van der Waals surface area contributed by atoms with Gasteiger partial charge in [0.05, 0.1) is 36.4 Å². The van der Waals surface area contributed by atoms with Gasteiger partial charge in [0.25, 0.3) is 0 Å². The van der Waals surface area contributed by atoms with Gasteiger partial charge in [-0.25, -0.2) is 9.29 Å². The van der Waals surface area contributed by atoms with Crippen LogP contribution in [0.2, 0.25) is 0 Å². The Balaban J connectivity index is 1.44. The highest BCUT2D eigenvalue weighted by molar-refractivity contribution is 8.00. The molecule has 15 heteroatoms. The van der Waals surface area contributed by atoms with Crippen LogP contribution in [0.4, 0.5) is 28.9 Å². The number of nitrogens with zero attached hydrogens (tertiary/aromatic N) is 2. The minimum atomic E-state index is -4.71. The van der Waals surface area contributed by atoms with E-state index < -0.39 is 63.8 Å². The van der Waals surface area contributed by atoms with Crippen molar-refractivity contribution in [3.05, 3.63) is 98.2 Å². The van der Waals surface area contributed by atoms with Gasteiger partial charge in [0.15, 0.2) is 11.5 Å². The quantitative estimate of drug-likeness (QED) is 0.204. The predicted octanol–water partition coefficient (Wildman–Crippen LogP) is 5.52. The van der Waals surface area contributed by atoms with Crippen LogP contribution >= 0.6 is 23.1 Å². The lowest BCUT2D eigenvalue weighted by Gasteiger charge is -2.31. The molecule has 3 aromatic carbocycles. The molecule has 3 heterocycles. The fraction of sp³-hybridized carbons (Fsp3) is 0.226. The second kappa shape index (κ2) is 11.9. The molecule has 2 aliphatic heterocycles. The maximum atomic E-state index is 14.1. The van der Waals surface area contributed by atoms with Gasteiger partial charge in [0.1, 0.15) is 17.6 Å². The molecule has 1 aromatic heterocycles. The maximum Gasteiger partial charge on any atom is 0.416 e. The Morgan fingerprint density at radius 2 is 1.65 bits per heavy atom. The van der Waals surface area contributed by atoms with Gasteiger partial charge in [0, 0.05) is 16.5 Å². The first-order valence-electron chi connectivity index (χ1n) is 13.6. The van der Waals surface area contributed by atoms with Gasteiger partial charge >= 0.3 is 11.0 Å². The highest BCUT2D eigenvalue weighted by Gasteiger charge is 2.57. The van der Waals surface area contributed by atoms with E-state index in [4.69, 9.17) is 9.47 Å². The first-order valence-corrected chi connectivity index (χ1v) is 15.3. The summed E-state index contributed by atoms with van der Waals surface area (Å²) in [6.45, 7) is -0.454. The highest BCUT2D eigenvalue weighted by Crippen LogP contribution is 2.54. The monoisotopic (exact) mass is 673 g/mol. The number of ether oxygens (including phenoxy) is 2. The van der Waals surface area contributed by atoms with Crippen molar-refractivity contribution < 1.29 is 41.4 Å². The average Bonchev–Trinajstić information content (AvgIpc) is 3.47. The lowest BCUT2D eigenvalue weighted by Crippen LogP contribution is -2.33. The standard InChI is InChI=1S/C31H23F4N3O6S2/c1-43-20-11-6-15(12-21(20)44-2)23-24-25(28(41)38(27(24)40)19-5-3-4-16(13-19)31(33,34)35)45-29-26(23)46-30(42)37(29)14-22(39)36-18-9-7-17(32)8-10-18/h3-13,23-25H,14H2,1-2H3,(H,36,39)/t23-,24?,25?/m0/s1. The number of thiazole rings is 1. The average molecular weight is 674 g/mol. The Morgan fingerprint density at radius 3 is 2.33 bits per heavy atom. The number of carbonyl (C=O) groups is 3. The topological polar surface area (TPSA) is 107 Å². The van der Waals surface area contributed by atoms with Gasteiger partial charge in [-0.05, 0) is 60.2 Å². The Bertz CT molecular complexity index is 1920. The highest BCUT2D eigenvalue weighted by atomic mass is 32.2. The van der Waals surface area contributed by atoms with Crippen molar-refractivity contribution in [3.8, 4) is 11.5 Å². The number of nitrogens with one attached hydrogen (secondary N) is 1. The summed E-state index contributed by atoms with van der Waals surface area (Å²) in [7, 11) is 2.86. The number of halogens is 4. The molecule has 4 aromatic rings. The predicted molar refractivity (Wildman–Crippen MR) is 162 cm³/mol. The zero-order chi connectivity index (χ0) is 32.9. The van der Waals surface area contributed by atoms with Gasteiger partial charge in [0.2, 0.25) is 17.7 Å². The zero-order valence-electron chi connectivity index (χ0n) is 24.0. The van der Waals surface area contributed by atoms with Crippen LogP contribution in [-0.2, 0) is 27.1 Å². The smallest absolute Gasteiger partial charge is 0.416 e. The number of thioether (sulfide) groups is 1. The van der Waals surface area contributed by atoms with Crippen molar-refractivity contribution in [3.63, 3.8) is 0 Å². The van der Waals surface area contributed by atoms with Gasteiger partial charge in [-0.3, -0.25) is 23.7 Å². The van der Waals surface area contributed by atoms with E-state index >= 15 is 0 Å². The molecule has 3 atom stereocenters. The summed E-state index contributed by atoms with van der Waals surface area (Å²) in [6, 6.07) is 13.9. The Kier molecular flexibility index (Phi) is 8.14. The molecular weight excluding hydrogens is 650 g/mol. The molecule has 0 spiro atoms. The van der Waals surface area contributed by atoms with E-state index in [1.807, 2.05) is 0 Å². The molecule has 2 unspecified atom stereocenters. The number of carbonyl (C=O) groups excluding carboxylic acids is 3. The summed E-state index contributed by atoms with van der Waals surface area (Å²) in [4.78, 5) is 54.9. The maximum absolute atomic E-state index is 14.1. The van der Waals surface area contributed by atoms with Gasteiger partial charge in [-0.15, -0.1) is 0 Å². The van der Waals surface area contributed by atoms with Crippen LogP contribution in [0.15, 0.2) is 76.6 Å². The molecule has 1 saturated heterocycles. The van der Waals surface area contributed by atoms with E-state index in [1.54, 1.807) is 18.2 Å². The molecule has 0 radical (unpaired) electrons. The van der Waals surface area contributed by atoms with Crippen LogP contribution in [0.1, 0.15) is 21.9 Å². The summed E-state index contributed by atoms with van der Waals surface area (Å²) in [5, 5.41) is 1.74. The van der Waals surface area contributed by atoms with Crippen LogP contribution in [0.3, 0.4) is 0 Å². The van der Waals surface area contributed by atoms with E-state index in [9.17, 15) is 36.7 Å². The van der Waals surface area contributed by atoms with E-state index in [-0.39, 0.29) is 10.7 Å². The molecule has 238 valence electrons. The summed E-state index contributed by atoms with van der Waals surface area (Å²) < 4.78 is 66.0. The summed E-state index contributed by atoms with van der Waals surface area (Å²) in [5.74, 6) is -3.87. The van der Waals surface area contributed by atoms with E-state index in [0.717, 1.165) is 58.3 Å². The lowest BCUT2D eigenvalue weighted by molar-refractivity contribution is -0.137. The van der Waals surface area contributed by atoms with Crippen molar-refractivity contribution in [2.45, 2.75) is 28.9 Å². The number of anilines is 2. The van der Waals surface area contributed by atoms with Crippen molar-refractivity contribution in [2.75, 3.05) is 24.4 Å². The Hall–Kier alpha value is -4.63. The molecule has 6 rings (SSSR count). The van der Waals surface area contributed by atoms with Gasteiger partial charge in [-0.1, -0.05) is 35.2 Å². The van der Waals surface area contributed by atoms with Crippen LogP contribution < -0.4 is 24.6 Å². The third kappa shape index (κ3) is 5.53. The second-order valence-electron chi connectivity index (χ2n) is 10.4. The van der Waals surface area contributed by atoms with E-state index in [2.05, 4.69) is 5.32 Å². The second-order valence-corrected chi connectivity index (χ2v) is 12.5. The number of imide groups is 1. The van der Waals surface area contributed by atoms with Gasteiger partial charge < -0.3 is 14.8 Å². The summed E-state index contributed by atoms with van der Waals surface area (Å²) in [6.07, 6.45) is -4.71. The van der Waals surface area contributed by atoms with Crippen molar-refractivity contribution in [1.29, 1.82) is 0 Å². The van der Waals surface area contributed by atoms with Gasteiger partial charge in [-0.2, -0.15) is 13.2 Å². The van der Waals surface area contributed by atoms with Crippen molar-refractivity contribution in [2.24, 2.45) is 5.92 Å². The van der Waals surface area contributed by atoms with Crippen LogP contribution in [0.25, 0.3) is 0 Å². The number of hydrogen-bond donors (Lipinski definition) is 1. The molecule has 0 saturated carbocycles. The summed E-state index contributed by atoms with van der Waals surface area (Å²) >= 11 is 1.72. The number of hydrogen-bond acceptors (Lipinski definition) is 8. The zero-order valence-corrected chi connectivity index (χ0v) is 25.6. The number of rotatable bonds is 7. The third-order valence-electron chi connectivity index (χ3n) is 7.68. The first-order chi connectivity index (χ1) is 21.9. The number of aromatic nitrogens is 1. The molecule has 46 heavy (non-hydrogen) atoms. The largest absolute Gasteiger partial charge is 0.493 e. The number of alkyl halides is 3. The fourth-order valence-electron chi connectivity index (χ4n) is 5.61. The molecular formula is C31H23F4N3O6S2. The summed E-state index contributed by atoms with van der Waals surface area (Å²) in [5.41, 5.74) is -0.465. The molecule has 2 aliphatic rings. The molecule has 1 fully saturated rings. The van der Waals surface area contributed by atoms with Crippen molar-refractivity contribution in [1.82, 2.24) is 4.57 Å². The first kappa shape index (κ1) is 31.4. The fourth-order valence-corrected chi connectivity index (χ4v) is 8.39. The SMILES string of the molecule is COc1ccc([C@@H]2c3sc(=O)n(CC(=O)Nc4ccc(F)cc4)c3SC3C(=O)N(c4cccc(C(F)(F)F)c4)C(=O)C32)cc1OC. The number of benzene rings is 3. The number of amides is 3. The van der Waals surface area contributed by atoms with Crippen LogP contribution in [-0.4, -0.2) is 41.8 Å². The molecule has 1 N–H and O–H groups in total. The molecule has 3 amide bonds. The minimum Gasteiger partial charge on any atom is -0.493 e. The number of methoxy groups -OCH3 is 2. The third-order valence-corrected chi connectivity index (χ3v) is 10.3. The normalized spacial score (nSPS) is 19.1. The van der Waals surface area contributed by atoms with E-state index in [1.165, 1.54) is 37.0 Å².